The van der Waals surface area contributed by atoms with E-state index in [1.807, 2.05) is 0 Å². The van der Waals surface area contributed by atoms with Gasteiger partial charge in [-0.25, -0.2) is 10.1 Å². The number of nitro groups is 1. The van der Waals surface area contributed by atoms with Gasteiger partial charge in [0.05, 0.1) is 18.2 Å². The van der Waals surface area contributed by atoms with Gasteiger partial charge in [0.15, 0.2) is 11.6 Å². The van der Waals surface area contributed by atoms with E-state index in [9.17, 15) is 10.1 Å². The third-order valence-corrected chi connectivity index (χ3v) is 2.64. The molecule has 0 amide bonds. The number of nitrogens with two attached hydrogens (primary N) is 1. The Hall–Kier alpha value is -3.17. The molecule has 0 spiro atoms. The van der Waals surface area contributed by atoms with Gasteiger partial charge in [0.2, 0.25) is 0 Å². The molecule has 10 nitrogen and oxygen atoms in total. The molecule has 2 rings (SSSR count). The van der Waals surface area contributed by atoms with Gasteiger partial charge in [-0.1, -0.05) is 0 Å². The summed E-state index contributed by atoms with van der Waals surface area (Å²) in [6.07, 6.45) is 1.40. The average Bonchev–Trinajstić information content (AvgIpc) is 2.79. The molecule has 0 fully saturated rings. The first-order valence-corrected chi connectivity index (χ1v) is 5.81. The fraction of sp³-hybridized carbons (Fsp3) is 0.182. The Morgan fingerprint density at radius 3 is 2.86 bits per heavy atom. The summed E-state index contributed by atoms with van der Waals surface area (Å²) in [5.41, 5.74) is 2.98. The summed E-state index contributed by atoms with van der Waals surface area (Å²) >= 11 is 0. The fourth-order valence-corrected chi connectivity index (χ4v) is 1.54. The van der Waals surface area contributed by atoms with Crippen LogP contribution in [-0.2, 0) is 0 Å². The second-order valence-electron chi connectivity index (χ2n) is 4.00. The first kappa shape index (κ1) is 14.2. The molecule has 0 saturated carbocycles. The maximum Gasteiger partial charge on any atom is 0.311 e. The second kappa shape index (κ2) is 5.86. The normalized spacial score (nSPS) is 10.8. The highest BCUT2D eigenvalue weighted by Gasteiger charge is 2.14. The van der Waals surface area contributed by atoms with Crippen LogP contribution >= 0.6 is 0 Å². The zero-order chi connectivity index (χ0) is 15.4. The van der Waals surface area contributed by atoms with Crippen LogP contribution in [-0.4, -0.2) is 33.1 Å². The molecule has 10 heteroatoms. The molecule has 21 heavy (non-hydrogen) atoms. The van der Waals surface area contributed by atoms with E-state index in [0.29, 0.717) is 11.4 Å². The smallest absolute Gasteiger partial charge is 0.311 e. The first-order chi connectivity index (χ1) is 10.0. The summed E-state index contributed by atoms with van der Waals surface area (Å²) in [6, 6.07) is 4.48. The Balaban J connectivity index is 2.16. The molecule has 0 saturated heterocycles. The molecule has 3 N–H and O–H groups in total. The maximum absolute atomic E-state index is 10.9. The Morgan fingerprint density at radius 1 is 1.52 bits per heavy atom. The molecule has 0 unspecified atom stereocenters. The number of rotatable bonds is 5. The van der Waals surface area contributed by atoms with Crippen molar-refractivity contribution in [3.05, 3.63) is 39.7 Å². The van der Waals surface area contributed by atoms with E-state index in [0.717, 1.165) is 0 Å². The van der Waals surface area contributed by atoms with Crippen LogP contribution in [0.25, 0.3) is 0 Å². The van der Waals surface area contributed by atoms with Crippen molar-refractivity contribution in [1.82, 2.24) is 14.9 Å². The van der Waals surface area contributed by atoms with Crippen molar-refractivity contribution in [3.8, 4) is 5.75 Å². The third kappa shape index (κ3) is 3.05. The molecular weight excluding hydrogens is 278 g/mol. The number of hydrazone groups is 1. The van der Waals surface area contributed by atoms with E-state index in [1.54, 1.807) is 13.0 Å². The lowest BCUT2D eigenvalue weighted by Gasteiger charge is -2.02. The van der Waals surface area contributed by atoms with Crippen molar-refractivity contribution < 1.29 is 9.66 Å². The van der Waals surface area contributed by atoms with Gasteiger partial charge in [0.25, 0.3) is 5.95 Å². The summed E-state index contributed by atoms with van der Waals surface area (Å²) in [6.45, 7) is 1.69. The van der Waals surface area contributed by atoms with E-state index in [4.69, 9.17) is 10.6 Å². The van der Waals surface area contributed by atoms with Crippen molar-refractivity contribution in [1.29, 1.82) is 0 Å². The second-order valence-corrected chi connectivity index (χ2v) is 4.00. The number of aryl methyl sites for hydroxylation is 1. The molecule has 1 aromatic carbocycles. The van der Waals surface area contributed by atoms with Gasteiger partial charge in [0, 0.05) is 11.6 Å². The molecule has 1 heterocycles. The summed E-state index contributed by atoms with van der Waals surface area (Å²) in [5.74, 6) is 6.59. The number of hydrogen-bond acceptors (Lipinski definition) is 8. The molecule has 0 aliphatic heterocycles. The minimum Gasteiger partial charge on any atom is -0.490 e. The number of ether oxygens (including phenoxy) is 1. The molecule has 0 bridgehead atoms. The van der Waals surface area contributed by atoms with Crippen LogP contribution in [0.5, 0.6) is 5.75 Å². The highest BCUT2D eigenvalue weighted by Crippen LogP contribution is 2.26. The number of hydrogen-bond donors (Lipinski definition) is 2. The SMILES string of the molecule is COc1ccc(C=NNc2nnc(C)n2N)cc1[N+](=O)[O-]. The maximum atomic E-state index is 10.9. The third-order valence-electron chi connectivity index (χ3n) is 2.64. The Kier molecular flexibility index (Phi) is 3.97. The van der Waals surface area contributed by atoms with Gasteiger partial charge in [-0.05, 0) is 19.1 Å². The lowest BCUT2D eigenvalue weighted by Crippen LogP contribution is -2.13. The van der Waals surface area contributed by atoms with E-state index in [-0.39, 0.29) is 17.4 Å². The van der Waals surface area contributed by atoms with Crippen molar-refractivity contribution in [2.24, 2.45) is 5.10 Å². The minimum absolute atomic E-state index is 0.140. The van der Waals surface area contributed by atoms with Gasteiger partial charge < -0.3 is 10.6 Å². The number of methoxy groups -OCH3 is 1. The fourth-order valence-electron chi connectivity index (χ4n) is 1.54. The molecule has 0 aliphatic carbocycles. The Morgan fingerprint density at radius 2 is 2.29 bits per heavy atom. The molecule has 2 aromatic rings. The van der Waals surface area contributed by atoms with Crippen LogP contribution in [0.4, 0.5) is 11.6 Å². The summed E-state index contributed by atoms with van der Waals surface area (Å²) < 4.78 is 6.14. The number of nitrogens with zero attached hydrogens (tertiary/aromatic N) is 5. The molecule has 0 atom stereocenters. The van der Waals surface area contributed by atoms with Crippen LogP contribution in [0.15, 0.2) is 23.3 Å². The Labute approximate surface area is 119 Å². The predicted octanol–water partition coefficient (Wildman–Crippen LogP) is 0.663. The number of benzene rings is 1. The van der Waals surface area contributed by atoms with Gasteiger partial charge in [-0.15, -0.1) is 10.2 Å². The van der Waals surface area contributed by atoms with E-state index in [1.165, 1.54) is 30.1 Å². The lowest BCUT2D eigenvalue weighted by atomic mass is 10.2. The number of aromatic nitrogens is 3. The molecular formula is C11H13N7O3. The molecule has 0 radical (unpaired) electrons. The highest BCUT2D eigenvalue weighted by atomic mass is 16.6. The quantitative estimate of drug-likeness (QED) is 0.357. The number of nitro benzene ring substituents is 1. The zero-order valence-electron chi connectivity index (χ0n) is 11.3. The topological polar surface area (TPSA) is 133 Å². The standard InChI is InChI=1S/C11H13N7O3/c1-7-14-16-11(17(7)12)15-13-6-8-3-4-10(21-2)9(5-8)18(19)20/h3-6H,12H2,1-2H3,(H,15,16). The monoisotopic (exact) mass is 291 g/mol. The zero-order valence-corrected chi connectivity index (χ0v) is 11.3. The van der Waals surface area contributed by atoms with Crippen molar-refractivity contribution >= 4 is 17.9 Å². The van der Waals surface area contributed by atoms with Crippen molar-refractivity contribution in [3.63, 3.8) is 0 Å². The van der Waals surface area contributed by atoms with E-state index >= 15 is 0 Å². The van der Waals surface area contributed by atoms with Crippen LogP contribution in [0, 0.1) is 17.0 Å². The first-order valence-electron chi connectivity index (χ1n) is 5.81. The van der Waals surface area contributed by atoms with E-state index < -0.39 is 4.92 Å². The summed E-state index contributed by atoms with van der Waals surface area (Å²) in [5, 5.41) is 22.3. The van der Waals surface area contributed by atoms with Gasteiger partial charge in [0.1, 0.15) is 0 Å². The Bertz CT molecular complexity index is 695. The average molecular weight is 291 g/mol. The van der Waals surface area contributed by atoms with E-state index in [2.05, 4.69) is 20.7 Å². The number of nitrogens with one attached hydrogen (secondary N) is 1. The molecule has 0 aliphatic rings. The number of nitrogen functional groups attached to an aromatic ring is 1. The number of anilines is 1. The largest absolute Gasteiger partial charge is 0.490 e. The molecule has 1 aromatic heterocycles. The van der Waals surface area contributed by atoms with Gasteiger partial charge >= 0.3 is 5.69 Å². The lowest BCUT2D eigenvalue weighted by molar-refractivity contribution is -0.385. The predicted molar refractivity (Wildman–Crippen MR) is 75.8 cm³/mol. The van der Waals surface area contributed by atoms with Crippen molar-refractivity contribution in [2.75, 3.05) is 18.4 Å². The van der Waals surface area contributed by atoms with Crippen LogP contribution in [0.3, 0.4) is 0 Å². The minimum atomic E-state index is -0.524. The van der Waals surface area contributed by atoms with Crippen molar-refractivity contribution in [2.45, 2.75) is 6.92 Å². The highest BCUT2D eigenvalue weighted by molar-refractivity contribution is 5.82. The van der Waals surface area contributed by atoms with Gasteiger partial charge in [-0.3, -0.25) is 10.1 Å². The molecule has 110 valence electrons. The summed E-state index contributed by atoms with van der Waals surface area (Å²) in [4.78, 5) is 10.4. The van der Waals surface area contributed by atoms with Gasteiger partial charge in [-0.2, -0.15) is 5.10 Å². The van der Waals surface area contributed by atoms with Crippen LogP contribution < -0.4 is 16.0 Å². The summed E-state index contributed by atoms with van der Waals surface area (Å²) in [7, 11) is 1.37. The van der Waals surface area contributed by atoms with Crippen LogP contribution in [0.2, 0.25) is 0 Å². The van der Waals surface area contributed by atoms with Crippen LogP contribution in [0.1, 0.15) is 11.4 Å².